The van der Waals surface area contributed by atoms with E-state index in [-0.39, 0.29) is 11.9 Å². The zero-order valence-corrected chi connectivity index (χ0v) is 20.7. The van der Waals surface area contributed by atoms with E-state index in [2.05, 4.69) is 22.3 Å². The third kappa shape index (κ3) is 4.46. The molecule has 1 amide bonds. The van der Waals surface area contributed by atoms with Crippen LogP contribution < -0.4 is 14.8 Å². The number of carbonyl (C=O) groups is 1. The van der Waals surface area contributed by atoms with E-state index in [9.17, 15) is 4.79 Å². The maximum absolute atomic E-state index is 13.0. The zero-order valence-electron chi connectivity index (χ0n) is 19.9. The van der Waals surface area contributed by atoms with Crippen LogP contribution in [0.4, 0.5) is 5.00 Å². The molecule has 1 aliphatic carbocycles. The van der Waals surface area contributed by atoms with E-state index < -0.39 is 0 Å². The van der Waals surface area contributed by atoms with Gasteiger partial charge >= 0.3 is 0 Å². The number of piperidine rings is 1. The molecule has 1 saturated heterocycles. The minimum atomic E-state index is -0.199. The summed E-state index contributed by atoms with van der Waals surface area (Å²) in [6, 6.07) is 9.74. The summed E-state index contributed by atoms with van der Waals surface area (Å²) in [6.07, 6.45) is 9.67. The largest absolute Gasteiger partial charge is 0.493 e. The van der Waals surface area contributed by atoms with Crippen LogP contribution in [-0.4, -0.2) is 38.1 Å². The number of benzene rings is 1. The van der Waals surface area contributed by atoms with Crippen LogP contribution >= 0.6 is 11.3 Å². The highest BCUT2D eigenvalue weighted by atomic mass is 32.1. The number of aryl methyl sites for hydroxylation is 1. The Bertz CT molecular complexity index is 1130. The van der Waals surface area contributed by atoms with E-state index in [0.29, 0.717) is 5.76 Å². The van der Waals surface area contributed by atoms with Crippen molar-refractivity contribution in [2.24, 2.45) is 0 Å². The highest BCUT2D eigenvalue weighted by Gasteiger charge is 2.33. The molecular weight excluding hydrogens is 448 g/mol. The Balaban J connectivity index is 1.63. The summed E-state index contributed by atoms with van der Waals surface area (Å²) >= 11 is 1.74. The molecular formula is C27H32N2O4S. The van der Waals surface area contributed by atoms with Crippen LogP contribution in [0.15, 0.2) is 41.0 Å². The van der Waals surface area contributed by atoms with Crippen molar-refractivity contribution in [1.29, 1.82) is 0 Å². The normalized spacial score (nSPS) is 17.1. The van der Waals surface area contributed by atoms with E-state index >= 15 is 0 Å². The topological polar surface area (TPSA) is 63.9 Å². The smallest absolute Gasteiger partial charge is 0.291 e. The monoisotopic (exact) mass is 480 g/mol. The number of ether oxygens (including phenoxy) is 2. The fourth-order valence-electron chi connectivity index (χ4n) is 5.30. The van der Waals surface area contributed by atoms with Crippen LogP contribution in [-0.2, 0) is 12.8 Å². The Morgan fingerprint density at radius 1 is 1.03 bits per heavy atom. The lowest BCUT2D eigenvalue weighted by Crippen LogP contribution is -2.35. The first kappa shape index (κ1) is 23.0. The van der Waals surface area contributed by atoms with Crippen molar-refractivity contribution in [2.45, 2.75) is 51.0 Å². The summed E-state index contributed by atoms with van der Waals surface area (Å²) in [6.45, 7) is 2.07. The van der Waals surface area contributed by atoms with Crippen LogP contribution in [0, 0.1) is 0 Å². The SMILES string of the molecule is COc1ccc([C@@H](c2c(NC(=O)c3ccco3)sc3c2CCCC3)N2CCCCC2)cc1OC. The minimum Gasteiger partial charge on any atom is -0.493 e. The van der Waals surface area contributed by atoms with Gasteiger partial charge in [-0.15, -0.1) is 11.3 Å². The summed E-state index contributed by atoms with van der Waals surface area (Å²) in [5, 5.41) is 4.16. The number of amides is 1. The van der Waals surface area contributed by atoms with Crippen molar-refractivity contribution in [3.63, 3.8) is 0 Å². The number of nitrogens with one attached hydrogen (secondary N) is 1. The first-order chi connectivity index (χ1) is 16.7. The van der Waals surface area contributed by atoms with Gasteiger partial charge in [0.1, 0.15) is 5.00 Å². The molecule has 3 heterocycles. The molecule has 34 heavy (non-hydrogen) atoms. The van der Waals surface area contributed by atoms with Gasteiger partial charge in [0.15, 0.2) is 17.3 Å². The molecule has 2 aromatic heterocycles. The number of likely N-dealkylation sites (tertiary alicyclic amines) is 1. The van der Waals surface area contributed by atoms with E-state index in [4.69, 9.17) is 13.9 Å². The van der Waals surface area contributed by atoms with Crippen molar-refractivity contribution in [3.8, 4) is 11.5 Å². The first-order valence-corrected chi connectivity index (χ1v) is 13.0. The van der Waals surface area contributed by atoms with Gasteiger partial charge in [-0.05, 0) is 87.0 Å². The molecule has 1 aromatic carbocycles. The van der Waals surface area contributed by atoms with Crippen molar-refractivity contribution in [3.05, 3.63) is 63.9 Å². The maximum Gasteiger partial charge on any atom is 0.291 e. The molecule has 1 N–H and O–H groups in total. The van der Waals surface area contributed by atoms with Crippen LogP contribution in [0.5, 0.6) is 11.5 Å². The van der Waals surface area contributed by atoms with Gasteiger partial charge in [-0.2, -0.15) is 0 Å². The fraction of sp³-hybridized carbons (Fsp3) is 0.444. The van der Waals surface area contributed by atoms with E-state index in [1.165, 1.54) is 59.9 Å². The lowest BCUT2D eigenvalue weighted by atomic mass is 9.88. The van der Waals surface area contributed by atoms with Crippen molar-refractivity contribution in [2.75, 3.05) is 32.6 Å². The average molecular weight is 481 g/mol. The van der Waals surface area contributed by atoms with Crippen LogP contribution in [0.3, 0.4) is 0 Å². The highest BCUT2D eigenvalue weighted by Crippen LogP contribution is 2.47. The Hall–Kier alpha value is -2.77. The average Bonchev–Trinajstić information content (AvgIpc) is 3.54. The Labute approximate surface area is 204 Å². The fourth-order valence-corrected chi connectivity index (χ4v) is 6.62. The zero-order chi connectivity index (χ0) is 23.5. The lowest BCUT2D eigenvalue weighted by molar-refractivity contribution is 0.0996. The van der Waals surface area contributed by atoms with Gasteiger partial charge in [0.25, 0.3) is 5.91 Å². The standard InChI is InChI=1S/C27H32N2O4S/c1-31-20-13-12-18(17-22(20)32-2)25(29-14-6-3-7-15-29)24-19-9-4-5-11-23(19)34-27(24)28-26(30)21-10-8-16-33-21/h8,10,12-13,16-17,25H,3-7,9,11,14-15H2,1-2H3,(H,28,30)/t25-/m0/s1. The number of nitrogens with zero attached hydrogens (tertiary/aromatic N) is 1. The Morgan fingerprint density at radius 3 is 2.56 bits per heavy atom. The molecule has 6 nitrogen and oxygen atoms in total. The summed E-state index contributed by atoms with van der Waals surface area (Å²) in [4.78, 5) is 17.0. The maximum atomic E-state index is 13.0. The Kier molecular flexibility index (Phi) is 6.92. The lowest BCUT2D eigenvalue weighted by Gasteiger charge is -2.36. The number of fused-ring (bicyclic) bond motifs is 1. The van der Waals surface area contributed by atoms with Crippen molar-refractivity contribution >= 4 is 22.2 Å². The number of carbonyl (C=O) groups excluding carboxylic acids is 1. The minimum absolute atomic E-state index is 0.0464. The third-order valence-electron chi connectivity index (χ3n) is 6.94. The predicted octanol–water partition coefficient (Wildman–Crippen LogP) is 6.06. The molecule has 0 radical (unpaired) electrons. The number of hydrogen-bond donors (Lipinski definition) is 1. The van der Waals surface area contributed by atoms with Gasteiger partial charge in [-0.25, -0.2) is 0 Å². The second kappa shape index (κ2) is 10.2. The number of thiophene rings is 1. The molecule has 5 rings (SSSR count). The summed E-state index contributed by atoms with van der Waals surface area (Å²) in [7, 11) is 3.34. The molecule has 7 heteroatoms. The van der Waals surface area contributed by atoms with Crippen molar-refractivity contribution in [1.82, 2.24) is 4.90 Å². The van der Waals surface area contributed by atoms with E-state index in [0.717, 1.165) is 42.4 Å². The molecule has 2 aliphatic rings. The molecule has 180 valence electrons. The highest BCUT2D eigenvalue weighted by molar-refractivity contribution is 7.16. The van der Waals surface area contributed by atoms with E-state index in [1.807, 2.05) is 6.07 Å². The second-order valence-electron chi connectivity index (χ2n) is 9.00. The quantitative estimate of drug-likeness (QED) is 0.445. The van der Waals surface area contributed by atoms with Gasteiger partial charge < -0.3 is 19.2 Å². The van der Waals surface area contributed by atoms with Gasteiger partial charge in [-0.3, -0.25) is 9.69 Å². The molecule has 1 atom stereocenters. The molecule has 3 aromatic rings. The number of hydrogen-bond acceptors (Lipinski definition) is 6. The summed E-state index contributed by atoms with van der Waals surface area (Å²) in [5.74, 6) is 1.59. The summed E-state index contributed by atoms with van der Waals surface area (Å²) < 4.78 is 16.6. The Morgan fingerprint density at radius 2 is 1.82 bits per heavy atom. The van der Waals surface area contributed by atoms with Crippen LogP contribution in [0.2, 0.25) is 0 Å². The molecule has 0 spiro atoms. The van der Waals surface area contributed by atoms with Crippen molar-refractivity contribution < 1.29 is 18.7 Å². The first-order valence-electron chi connectivity index (χ1n) is 12.1. The van der Waals surface area contributed by atoms with Gasteiger partial charge in [0, 0.05) is 10.4 Å². The molecule has 0 bridgehead atoms. The van der Waals surface area contributed by atoms with Gasteiger partial charge in [0.05, 0.1) is 26.5 Å². The van der Waals surface area contributed by atoms with Crippen LogP contribution in [0.1, 0.15) is 70.3 Å². The molecule has 1 aliphatic heterocycles. The second-order valence-corrected chi connectivity index (χ2v) is 10.1. The molecule has 0 saturated carbocycles. The number of anilines is 1. The van der Waals surface area contributed by atoms with E-state index in [1.54, 1.807) is 37.7 Å². The number of rotatable bonds is 7. The van der Waals surface area contributed by atoms with Crippen LogP contribution in [0.25, 0.3) is 0 Å². The number of furan rings is 1. The third-order valence-corrected chi connectivity index (χ3v) is 8.16. The summed E-state index contributed by atoms with van der Waals surface area (Å²) in [5.41, 5.74) is 3.82. The predicted molar refractivity (Wildman–Crippen MR) is 134 cm³/mol. The van der Waals surface area contributed by atoms with Gasteiger partial charge in [0.2, 0.25) is 0 Å². The molecule has 1 fully saturated rings. The molecule has 0 unspecified atom stereocenters. The van der Waals surface area contributed by atoms with Gasteiger partial charge in [-0.1, -0.05) is 12.5 Å². The number of methoxy groups -OCH3 is 2.